The maximum atomic E-state index is 11.7. The summed E-state index contributed by atoms with van der Waals surface area (Å²) in [7, 11) is 0. The largest absolute Gasteiger partial charge is 0.470 e. The molecule has 0 aliphatic heterocycles. The summed E-state index contributed by atoms with van der Waals surface area (Å²) in [6.45, 7) is 7.56. The molecule has 0 spiro atoms. The molecule has 1 rings (SSSR count). The Balaban J connectivity index is 0.00000108. The van der Waals surface area contributed by atoms with E-state index in [2.05, 4.69) is 18.4 Å². The second kappa shape index (κ2) is 11.9. The molecule has 0 radical (unpaired) electrons. The van der Waals surface area contributed by atoms with Crippen molar-refractivity contribution in [3.8, 4) is 0 Å². The van der Waals surface area contributed by atoms with E-state index in [-0.39, 0.29) is 11.7 Å². The molecule has 1 aromatic carbocycles. The third-order valence-corrected chi connectivity index (χ3v) is 3.46. The van der Waals surface area contributed by atoms with Gasteiger partial charge >= 0.3 is 0 Å². The van der Waals surface area contributed by atoms with E-state index < -0.39 is 5.24 Å². The molecule has 7 heteroatoms. The predicted molar refractivity (Wildman–Crippen MR) is 99.9 cm³/mol. The molecule has 0 heterocycles. The minimum absolute atomic E-state index is 0.0912. The lowest BCUT2D eigenvalue weighted by atomic mass is 9.96. The van der Waals surface area contributed by atoms with E-state index >= 15 is 0 Å². The zero-order chi connectivity index (χ0) is 17.8. The average molecular weight is 357 g/mol. The number of benzene rings is 1. The summed E-state index contributed by atoms with van der Waals surface area (Å²) in [5.74, 6) is -0.164. The summed E-state index contributed by atoms with van der Waals surface area (Å²) in [5, 5.41) is -0.174. The molecular weight excluding hydrogens is 332 g/mol. The van der Waals surface area contributed by atoms with E-state index in [0.717, 1.165) is 18.7 Å². The molecule has 23 heavy (non-hydrogen) atoms. The lowest BCUT2D eigenvalue weighted by molar-refractivity contribution is -0.119. The van der Waals surface area contributed by atoms with Crippen molar-refractivity contribution >= 4 is 41.0 Å². The number of nitrogens with zero attached hydrogens (tertiary/aromatic N) is 1. The molecule has 0 aliphatic rings. The Morgan fingerprint density at radius 3 is 2.13 bits per heavy atom. The third kappa shape index (κ3) is 9.20. The van der Waals surface area contributed by atoms with Gasteiger partial charge in [-0.2, -0.15) is 0 Å². The van der Waals surface area contributed by atoms with Crippen LogP contribution in [0, 0.1) is 0 Å². The Bertz CT molecular complexity index is 501. The van der Waals surface area contributed by atoms with Gasteiger partial charge in [0.05, 0.1) is 5.92 Å². The summed E-state index contributed by atoms with van der Waals surface area (Å²) in [4.78, 5) is 22.8. The van der Waals surface area contributed by atoms with Gasteiger partial charge < -0.3 is 15.4 Å². The van der Waals surface area contributed by atoms with Crippen molar-refractivity contribution in [3.05, 3.63) is 35.9 Å². The van der Waals surface area contributed by atoms with Crippen LogP contribution in [0.25, 0.3) is 0 Å². The lowest BCUT2D eigenvalue weighted by Crippen LogP contribution is -2.32. The van der Waals surface area contributed by atoms with Crippen molar-refractivity contribution in [2.45, 2.75) is 26.7 Å². The number of Topliss-reactive ketones (excluding diaryl/α,β-unsaturated/α-hetero) is 1. The topological polar surface area (TPSA) is 72.6 Å². The van der Waals surface area contributed by atoms with Crippen LogP contribution in [0.4, 0.5) is 4.79 Å². The second-order valence-corrected chi connectivity index (χ2v) is 5.45. The average Bonchev–Trinajstić information content (AvgIpc) is 2.49. The zero-order valence-corrected chi connectivity index (χ0v) is 15.4. The fourth-order valence-electron chi connectivity index (χ4n) is 1.86. The van der Waals surface area contributed by atoms with Crippen molar-refractivity contribution in [2.24, 2.45) is 5.73 Å². The molecule has 0 saturated carbocycles. The first-order valence-electron chi connectivity index (χ1n) is 7.28. The van der Waals surface area contributed by atoms with Crippen LogP contribution in [0.5, 0.6) is 0 Å². The molecule has 1 amide bonds. The number of rotatable bonds is 6. The number of nitrogens with two attached hydrogens (primary N) is 1. The SMILES string of the molecule is CCN(CC)C(=S)OCC(C(C)=O)c1ccccc1.NC(=O)S. The number of hydrogen-bond acceptors (Lipinski definition) is 4. The molecule has 0 fully saturated rings. The number of carbonyl (C=O) groups is 2. The van der Waals surface area contributed by atoms with E-state index in [1.54, 1.807) is 6.92 Å². The van der Waals surface area contributed by atoms with Gasteiger partial charge in [-0.3, -0.25) is 9.59 Å². The number of carbonyl (C=O) groups excluding carboxylic acids is 2. The quantitative estimate of drug-likeness (QED) is 0.605. The fourth-order valence-corrected chi connectivity index (χ4v) is 2.19. The maximum Gasteiger partial charge on any atom is 0.273 e. The molecule has 5 nitrogen and oxygen atoms in total. The van der Waals surface area contributed by atoms with Crippen LogP contribution in [0.15, 0.2) is 30.3 Å². The van der Waals surface area contributed by atoms with Gasteiger partial charge in [-0.05, 0) is 38.6 Å². The Kier molecular flexibility index (Phi) is 11.1. The fraction of sp³-hybridized carbons (Fsp3) is 0.438. The van der Waals surface area contributed by atoms with Crippen molar-refractivity contribution in [2.75, 3.05) is 19.7 Å². The molecule has 1 unspecified atom stereocenters. The highest BCUT2D eigenvalue weighted by Gasteiger charge is 2.18. The Hall–Kier alpha value is -1.60. The van der Waals surface area contributed by atoms with Crippen molar-refractivity contribution < 1.29 is 14.3 Å². The standard InChI is InChI=1S/C15H21NO2S.CH3NOS/c1-4-16(5-2)15(19)18-11-14(12(3)17)13-9-7-6-8-10-13;2-1(3)4/h6-10,14H,4-5,11H2,1-3H3;(H3,2,3,4). The van der Waals surface area contributed by atoms with E-state index in [1.165, 1.54) is 0 Å². The van der Waals surface area contributed by atoms with Crippen LogP contribution in [-0.2, 0) is 9.53 Å². The smallest absolute Gasteiger partial charge is 0.273 e. The number of thiol groups is 1. The minimum atomic E-state index is -0.639. The third-order valence-electron chi connectivity index (χ3n) is 3.09. The highest BCUT2D eigenvalue weighted by atomic mass is 32.1. The first-order valence-corrected chi connectivity index (χ1v) is 8.14. The zero-order valence-electron chi connectivity index (χ0n) is 13.7. The summed E-state index contributed by atoms with van der Waals surface area (Å²) < 4.78 is 5.60. The number of hydrogen-bond donors (Lipinski definition) is 2. The van der Waals surface area contributed by atoms with Crippen LogP contribution < -0.4 is 5.73 Å². The molecule has 0 aliphatic carbocycles. The van der Waals surface area contributed by atoms with Crippen molar-refractivity contribution in [3.63, 3.8) is 0 Å². The van der Waals surface area contributed by atoms with Gasteiger partial charge in [0.1, 0.15) is 12.4 Å². The van der Waals surface area contributed by atoms with Gasteiger partial charge in [0.2, 0.25) is 0 Å². The summed E-state index contributed by atoms with van der Waals surface area (Å²) in [6.07, 6.45) is 0. The molecule has 0 aromatic heterocycles. The van der Waals surface area contributed by atoms with E-state index in [1.807, 2.05) is 49.1 Å². The Labute approximate surface area is 148 Å². The number of primary amides is 1. The number of ketones is 1. The van der Waals surface area contributed by atoms with Crippen LogP contribution in [0.2, 0.25) is 0 Å². The highest BCUT2D eigenvalue weighted by Crippen LogP contribution is 2.17. The molecule has 1 aromatic rings. The number of thiocarbonyl (C=S) groups is 1. The highest BCUT2D eigenvalue weighted by molar-refractivity contribution is 7.96. The first kappa shape index (κ1) is 21.4. The molecule has 1 atom stereocenters. The summed E-state index contributed by atoms with van der Waals surface area (Å²) >= 11 is 8.33. The monoisotopic (exact) mass is 356 g/mol. The van der Waals surface area contributed by atoms with E-state index in [4.69, 9.17) is 21.7 Å². The molecule has 2 N–H and O–H groups in total. The molecular formula is C16H24N2O3S2. The van der Waals surface area contributed by atoms with Crippen LogP contribution >= 0.6 is 24.8 Å². The van der Waals surface area contributed by atoms with Crippen LogP contribution in [0.3, 0.4) is 0 Å². The normalized spacial score (nSPS) is 10.8. The first-order chi connectivity index (χ1) is 10.8. The second-order valence-electron chi connectivity index (χ2n) is 4.66. The van der Waals surface area contributed by atoms with Crippen molar-refractivity contribution in [1.29, 1.82) is 0 Å². The summed E-state index contributed by atoms with van der Waals surface area (Å²) in [5.41, 5.74) is 5.31. The number of amides is 1. The molecule has 0 saturated heterocycles. The van der Waals surface area contributed by atoms with Gasteiger partial charge in [-0.15, -0.1) is 0 Å². The van der Waals surface area contributed by atoms with Gasteiger partial charge in [0, 0.05) is 13.1 Å². The number of ether oxygens (including phenoxy) is 1. The van der Waals surface area contributed by atoms with Gasteiger partial charge in [-0.1, -0.05) is 43.0 Å². The van der Waals surface area contributed by atoms with Crippen LogP contribution in [0.1, 0.15) is 32.3 Å². The molecule has 128 valence electrons. The Morgan fingerprint density at radius 2 is 1.74 bits per heavy atom. The van der Waals surface area contributed by atoms with E-state index in [0.29, 0.717) is 11.8 Å². The predicted octanol–water partition coefficient (Wildman–Crippen LogP) is 3.00. The lowest BCUT2D eigenvalue weighted by Gasteiger charge is -2.23. The molecule has 0 bridgehead atoms. The van der Waals surface area contributed by atoms with Gasteiger partial charge in [0.15, 0.2) is 0 Å². The Morgan fingerprint density at radius 1 is 1.26 bits per heavy atom. The van der Waals surface area contributed by atoms with Crippen LogP contribution in [-0.4, -0.2) is 40.8 Å². The van der Waals surface area contributed by atoms with Gasteiger partial charge in [0.25, 0.3) is 10.4 Å². The maximum absolute atomic E-state index is 11.7. The van der Waals surface area contributed by atoms with Crippen molar-refractivity contribution in [1.82, 2.24) is 4.90 Å². The van der Waals surface area contributed by atoms with Gasteiger partial charge in [-0.25, -0.2) is 0 Å². The summed E-state index contributed by atoms with van der Waals surface area (Å²) in [6, 6.07) is 9.66. The minimum Gasteiger partial charge on any atom is -0.470 e. The van der Waals surface area contributed by atoms with E-state index in [9.17, 15) is 4.79 Å².